The Labute approximate surface area is 199 Å². The summed E-state index contributed by atoms with van der Waals surface area (Å²) < 4.78 is 45.7. The molecule has 1 aliphatic heterocycles. The van der Waals surface area contributed by atoms with Crippen LogP contribution in [-0.4, -0.2) is 68.8 Å². The van der Waals surface area contributed by atoms with E-state index in [-0.39, 0.29) is 12.0 Å². The summed E-state index contributed by atoms with van der Waals surface area (Å²) in [6, 6.07) is 1.47. The monoisotopic (exact) mass is 498 g/mol. The molecule has 0 spiro atoms. The van der Waals surface area contributed by atoms with Gasteiger partial charge in [0, 0.05) is 41.7 Å². The van der Waals surface area contributed by atoms with Gasteiger partial charge in [-0.1, -0.05) is 11.6 Å². The maximum absolute atomic E-state index is 12.7. The van der Waals surface area contributed by atoms with Gasteiger partial charge in [-0.3, -0.25) is 4.90 Å². The van der Waals surface area contributed by atoms with E-state index in [0.717, 1.165) is 16.7 Å². The molecule has 0 bridgehead atoms. The Morgan fingerprint density at radius 2 is 1.97 bits per heavy atom. The Morgan fingerprint density at radius 3 is 2.59 bits per heavy atom. The van der Waals surface area contributed by atoms with E-state index in [1.54, 1.807) is 22.8 Å². The van der Waals surface area contributed by atoms with Crippen LogP contribution in [0.25, 0.3) is 11.0 Å². The van der Waals surface area contributed by atoms with Crippen LogP contribution in [0.2, 0.25) is 5.02 Å². The number of methoxy groups -OCH3 is 1. The SMILES string of the molecule is COc1c(C2CN(CC(O)C(F)(F)F)C2)cc(Cl)c(C)c1C(C)n1nc(C)c2c(N)ncnc21. The standard InChI is InChI=1S/C22H26ClF3N6O2/c1-10-15(23)5-14(13-6-31(7-13)8-16(33)22(24,25)26)19(34-4)17(10)12(3)32-21-18(11(2)30-32)20(27)28-9-29-21/h5,9,12-13,16,33H,6-8H2,1-4H3,(H2,27,28,29). The lowest BCUT2D eigenvalue weighted by atomic mass is 9.86. The molecule has 1 aliphatic rings. The molecular formula is C22H26ClF3N6O2. The number of fused-ring (bicyclic) bond motifs is 1. The van der Waals surface area contributed by atoms with E-state index in [4.69, 9.17) is 22.1 Å². The van der Waals surface area contributed by atoms with Gasteiger partial charge in [0.05, 0.1) is 24.2 Å². The highest BCUT2D eigenvalue weighted by Crippen LogP contribution is 2.44. The van der Waals surface area contributed by atoms with E-state index in [1.807, 2.05) is 20.8 Å². The van der Waals surface area contributed by atoms with Crippen molar-refractivity contribution in [1.82, 2.24) is 24.6 Å². The fourth-order valence-electron chi connectivity index (χ4n) is 4.62. The molecule has 3 heterocycles. The lowest BCUT2D eigenvalue weighted by Gasteiger charge is -2.41. The Morgan fingerprint density at radius 1 is 1.29 bits per heavy atom. The van der Waals surface area contributed by atoms with Crippen molar-refractivity contribution in [2.24, 2.45) is 0 Å². The summed E-state index contributed by atoms with van der Waals surface area (Å²) in [6.45, 7) is 5.90. The Kier molecular flexibility index (Phi) is 6.38. The van der Waals surface area contributed by atoms with Crippen LogP contribution < -0.4 is 10.5 Å². The Hall–Kier alpha value is -2.63. The zero-order valence-electron chi connectivity index (χ0n) is 19.2. The van der Waals surface area contributed by atoms with Crippen molar-refractivity contribution in [3.8, 4) is 5.75 Å². The number of aliphatic hydroxyl groups excluding tert-OH is 1. The molecule has 4 rings (SSSR count). The van der Waals surface area contributed by atoms with Gasteiger partial charge in [-0.2, -0.15) is 18.3 Å². The molecule has 1 aromatic carbocycles. The summed E-state index contributed by atoms with van der Waals surface area (Å²) >= 11 is 6.60. The van der Waals surface area contributed by atoms with Gasteiger partial charge in [0.2, 0.25) is 0 Å². The number of aryl methyl sites for hydroxylation is 1. The van der Waals surface area contributed by atoms with E-state index < -0.39 is 18.8 Å². The molecule has 3 aromatic rings. The summed E-state index contributed by atoms with van der Waals surface area (Å²) in [6.07, 6.45) is -5.64. The predicted octanol–water partition coefficient (Wildman–Crippen LogP) is 3.62. The van der Waals surface area contributed by atoms with Crippen molar-refractivity contribution in [1.29, 1.82) is 0 Å². The second-order valence-electron chi connectivity index (χ2n) is 8.66. The number of ether oxygens (including phenoxy) is 1. The minimum atomic E-state index is -4.64. The lowest BCUT2D eigenvalue weighted by Crippen LogP contribution is -2.51. The quantitative estimate of drug-likeness (QED) is 0.535. The van der Waals surface area contributed by atoms with Crippen molar-refractivity contribution in [3.63, 3.8) is 0 Å². The van der Waals surface area contributed by atoms with E-state index >= 15 is 0 Å². The van der Waals surface area contributed by atoms with Crippen LogP contribution in [-0.2, 0) is 0 Å². The second-order valence-corrected chi connectivity index (χ2v) is 9.06. The first-order valence-corrected chi connectivity index (χ1v) is 11.1. The number of likely N-dealkylation sites (tertiary alicyclic amines) is 1. The number of anilines is 1. The van der Waals surface area contributed by atoms with Gasteiger partial charge in [-0.25, -0.2) is 14.6 Å². The van der Waals surface area contributed by atoms with Gasteiger partial charge in [0.1, 0.15) is 17.9 Å². The number of alkyl halides is 3. The molecule has 1 fully saturated rings. The molecule has 2 unspecified atom stereocenters. The number of hydrogen-bond acceptors (Lipinski definition) is 7. The largest absolute Gasteiger partial charge is 0.496 e. The number of hydrogen-bond donors (Lipinski definition) is 2. The van der Waals surface area contributed by atoms with Gasteiger partial charge in [-0.05, 0) is 32.4 Å². The maximum Gasteiger partial charge on any atom is 0.415 e. The first kappa shape index (κ1) is 24.5. The van der Waals surface area contributed by atoms with Gasteiger partial charge in [0.25, 0.3) is 0 Å². The first-order chi connectivity index (χ1) is 15.9. The highest BCUT2D eigenvalue weighted by atomic mass is 35.5. The zero-order valence-corrected chi connectivity index (χ0v) is 19.9. The fourth-order valence-corrected chi connectivity index (χ4v) is 4.84. The van der Waals surface area contributed by atoms with Gasteiger partial charge in [0.15, 0.2) is 11.8 Å². The van der Waals surface area contributed by atoms with Crippen molar-refractivity contribution in [3.05, 3.63) is 39.8 Å². The summed E-state index contributed by atoms with van der Waals surface area (Å²) in [5.74, 6) is 0.860. The van der Waals surface area contributed by atoms with Crippen LogP contribution in [0.4, 0.5) is 19.0 Å². The fraction of sp³-hybridized carbons (Fsp3) is 0.500. The van der Waals surface area contributed by atoms with Crippen molar-refractivity contribution >= 4 is 28.5 Å². The molecule has 8 nitrogen and oxygen atoms in total. The molecule has 1 saturated heterocycles. The number of nitrogen functional groups attached to an aromatic ring is 1. The number of nitrogens with zero attached hydrogens (tertiary/aromatic N) is 5. The maximum atomic E-state index is 12.7. The van der Waals surface area contributed by atoms with Crippen LogP contribution in [0.15, 0.2) is 12.4 Å². The highest BCUT2D eigenvalue weighted by molar-refractivity contribution is 6.31. The molecule has 0 aliphatic carbocycles. The Balaban J connectivity index is 1.70. The molecule has 12 heteroatoms. The number of benzene rings is 1. The smallest absolute Gasteiger partial charge is 0.415 e. The van der Waals surface area contributed by atoms with E-state index in [9.17, 15) is 18.3 Å². The van der Waals surface area contributed by atoms with E-state index in [0.29, 0.717) is 46.4 Å². The molecular weight excluding hydrogens is 473 g/mol. The van der Waals surface area contributed by atoms with E-state index in [1.165, 1.54) is 6.33 Å². The third kappa shape index (κ3) is 4.16. The Bertz CT molecular complexity index is 1230. The van der Waals surface area contributed by atoms with Crippen LogP contribution in [0.1, 0.15) is 41.3 Å². The van der Waals surface area contributed by atoms with E-state index in [2.05, 4.69) is 15.1 Å². The summed E-state index contributed by atoms with van der Waals surface area (Å²) in [4.78, 5) is 9.98. The third-order valence-electron chi connectivity index (χ3n) is 6.44. The number of halogens is 4. The van der Waals surface area contributed by atoms with Gasteiger partial charge >= 0.3 is 6.18 Å². The molecule has 184 valence electrons. The van der Waals surface area contributed by atoms with Crippen molar-refractivity contribution in [2.45, 2.75) is 45.0 Å². The van der Waals surface area contributed by atoms with Gasteiger partial charge in [-0.15, -0.1) is 0 Å². The summed E-state index contributed by atoms with van der Waals surface area (Å²) in [7, 11) is 1.55. The van der Waals surface area contributed by atoms with Crippen LogP contribution >= 0.6 is 11.6 Å². The number of β-amino-alcohol motifs (C(OH)–C–C–N with tert-alkyl or cyclic N) is 1. The van der Waals surface area contributed by atoms with Crippen molar-refractivity contribution in [2.75, 3.05) is 32.5 Å². The number of rotatable bonds is 6. The van der Waals surface area contributed by atoms with Crippen LogP contribution in [0.3, 0.4) is 0 Å². The molecule has 2 atom stereocenters. The normalized spacial score (nSPS) is 17.1. The molecule has 2 aromatic heterocycles. The second kappa shape index (κ2) is 8.86. The predicted molar refractivity (Wildman–Crippen MR) is 122 cm³/mol. The highest BCUT2D eigenvalue weighted by Gasteiger charge is 2.42. The lowest BCUT2D eigenvalue weighted by molar-refractivity contribution is -0.210. The zero-order chi connectivity index (χ0) is 24.9. The van der Waals surface area contributed by atoms with Crippen molar-refractivity contribution < 1.29 is 23.0 Å². The number of aliphatic hydroxyl groups is 1. The van der Waals surface area contributed by atoms with Gasteiger partial charge < -0.3 is 15.6 Å². The minimum absolute atomic E-state index is 0.0893. The third-order valence-corrected chi connectivity index (χ3v) is 6.83. The molecule has 0 saturated carbocycles. The first-order valence-electron chi connectivity index (χ1n) is 10.7. The summed E-state index contributed by atoms with van der Waals surface area (Å²) in [5, 5.41) is 15.2. The number of nitrogens with two attached hydrogens (primary N) is 1. The van der Waals surface area contributed by atoms with Crippen LogP contribution in [0, 0.1) is 13.8 Å². The molecule has 3 N–H and O–H groups in total. The van der Waals surface area contributed by atoms with Crippen LogP contribution in [0.5, 0.6) is 5.75 Å². The average molecular weight is 499 g/mol. The summed E-state index contributed by atoms with van der Waals surface area (Å²) in [5.41, 5.74) is 9.73. The topological polar surface area (TPSA) is 102 Å². The number of aromatic nitrogens is 4. The molecule has 34 heavy (non-hydrogen) atoms. The minimum Gasteiger partial charge on any atom is -0.496 e. The average Bonchev–Trinajstić information content (AvgIpc) is 3.08. The molecule has 0 radical (unpaired) electrons. The molecule has 0 amide bonds.